The SMILES string of the molecule is COc1ccc(Nc2nc(C(=O)Nc3cccc(Cl)c3Cl)cs2)c(OC)c1. The van der Waals surface area contributed by atoms with Crippen molar-refractivity contribution in [3.63, 3.8) is 0 Å². The van der Waals surface area contributed by atoms with E-state index in [4.69, 9.17) is 32.7 Å². The first-order valence-corrected chi connectivity index (χ1v) is 9.35. The van der Waals surface area contributed by atoms with Crippen molar-refractivity contribution in [2.24, 2.45) is 0 Å². The summed E-state index contributed by atoms with van der Waals surface area (Å²) in [5.74, 6) is 0.890. The number of amides is 1. The van der Waals surface area contributed by atoms with Gasteiger partial charge in [-0.3, -0.25) is 4.79 Å². The second-order valence-electron chi connectivity index (χ2n) is 5.28. The van der Waals surface area contributed by atoms with Gasteiger partial charge in [0.05, 0.1) is 35.6 Å². The lowest BCUT2D eigenvalue weighted by Gasteiger charge is -2.10. The lowest BCUT2D eigenvalue weighted by Crippen LogP contribution is -2.12. The third-order valence-electron chi connectivity index (χ3n) is 3.59. The Bertz CT molecular complexity index is 978. The Morgan fingerprint density at radius 1 is 1.11 bits per heavy atom. The van der Waals surface area contributed by atoms with Crippen molar-refractivity contribution >= 4 is 57.0 Å². The highest BCUT2D eigenvalue weighted by Gasteiger charge is 2.15. The Morgan fingerprint density at radius 2 is 1.93 bits per heavy atom. The molecule has 0 aliphatic carbocycles. The number of hydrogen-bond acceptors (Lipinski definition) is 6. The first-order chi connectivity index (χ1) is 13.0. The lowest BCUT2D eigenvalue weighted by molar-refractivity contribution is 0.102. The Labute approximate surface area is 170 Å². The van der Waals surface area contributed by atoms with Crippen LogP contribution in [-0.2, 0) is 0 Å². The number of benzene rings is 2. The van der Waals surface area contributed by atoms with Crippen molar-refractivity contribution in [1.82, 2.24) is 4.98 Å². The van der Waals surface area contributed by atoms with Crippen LogP contribution < -0.4 is 20.1 Å². The molecule has 3 aromatic rings. The van der Waals surface area contributed by atoms with Gasteiger partial charge in [0.15, 0.2) is 5.13 Å². The van der Waals surface area contributed by atoms with Crippen molar-refractivity contribution in [2.75, 3.05) is 24.9 Å². The van der Waals surface area contributed by atoms with Crippen LogP contribution >= 0.6 is 34.5 Å². The Kier molecular flexibility index (Phi) is 6.05. The fourth-order valence-electron chi connectivity index (χ4n) is 2.24. The van der Waals surface area contributed by atoms with E-state index in [1.807, 2.05) is 6.07 Å². The van der Waals surface area contributed by atoms with Crippen LogP contribution in [0.5, 0.6) is 11.5 Å². The minimum absolute atomic E-state index is 0.256. The summed E-state index contributed by atoms with van der Waals surface area (Å²) in [6.45, 7) is 0. The van der Waals surface area contributed by atoms with E-state index >= 15 is 0 Å². The Balaban J connectivity index is 1.75. The second kappa shape index (κ2) is 8.47. The van der Waals surface area contributed by atoms with Crippen molar-refractivity contribution in [3.05, 3.63) is 57.5 Å². The second-order valence-corrected chi connectivity index (χ2v) is 6.93. The van der Waals surface area contributed by atoms with E-state index in [1.54, 1.807) is 49.9 Å². The lowest BCUT2D eigenvalue weighted by atomic mass is 10.3. The van der Waals surface area contributed by atoms with Gasteiger partial charge in [0.1, 0.15) is 17.2 Å². The summed E-state index contributed by atoms with van der Waals surface area (Å²) in [5.41, 5.74) is 1.39. The van der Waals surface area contributed by atoms with Crippen LogP contribution in [0.25, 0.3) is 0 Å². The maximum absolute atomic E-state index is 12.4. The summed E-state index contributed by atoms with van der Waals surface area (Å²) >= 11 is 13.3. The van der Waals surface area contributed by atoms with E-state index in [-0.39, 0.29) is 16.6 Å². The largest absolute Gasteiger partial charge is 0.497 e. The molecule has 0 radical (unpaired) electrons. The molecule has 0 spiro atoms. The molecule has 0 fully saturated rings. The molecule has 2 aromatic carbocycles. The molecule has 1 heterocycles. The molecule has 0 saturated carbocycles. The molecule has 2 N–H and O–H groups in total. The van der Waals surface area contributed by atoms with Gasteiger partial charge in [-0.15, -0.1) is 11.3 Å². The fraction of sp³-hybridized carbons (Fsp3) is 0.111. The number of hydrogen-bond donors (Lipinski definition) is 2. The molecule has 0 aliphatic rings. The summed E-state index contributed by atoms with van der Waals surface area (Å²) < 4.78 is 10.5. The van der Waals surface area contributed by atoms with Gasteiger partial charge >= 0.3 is 0 Å². The number of nitrogens with one attached hydrogen (secondary N) is 2. The van der Waals surface area contributed by atoms with Crippen LogP contribution in [0.1, 0.15) is 10.5 Å². The zero-order valence-corrected chi connectivity index (χ0v) is 16.7. The average molecular weight is 424 g/mol. The summed E-state index contributed by atoms with van der Waals surface area (Å²) in [4.78, 5) is 16.7. The zero-order valence-electron chi connectivity index (χ0n) is 14.4. The minimum atomic E-state index is -0.384. The van der Waals surface area contributed by atoms with E-state index in [2.05, 4.69) is 15.6 Å². The maximum Gasteiger partial charge on any atom is 0.275 e. The van der Waals surface area contributed by atoms with Crippen molar-refractivity contribution in [1.29, 1.82) is 0 Å². The molecule has 27 heavy (non-hydrogen) atoms. The minimum Gasteiger partial charge on any atom is -0.497 e. The summed E-state index contributed by atoms with van der Waals surface area (Å²) in [5, 5.41) is 8.67. The third-order valence-corrected chi connectivity index (χ3v) is 5.16. The first-order valence-electron chi connectivity index (χ1n) is 7.71. The number of methoxy groups -OCH3 is 2. The topological polar surface area (TPSA) is 72.5 Å². The normalized spacial score (nSPS) is 10.4. The molecule has 9 heteroatoms. The van der Waals surface area contributed by atoms with Gasteiger partial charge in [-0.25, -0.2) is 4.98 Å². The number of thiazole rings is 1. The van der Waals surface area contributed by atoms with Crippen LogP contribution in [0.3, 0.4) is 0 Å². The highest BCUT2D eigenvalue weighted by molar-refractivity contribution is 7.14. The van der Waals surface area contributed by atoms with Gasteiger partial charge in [-0.2, -0.15) is 0 Å². The number of nitrogens with zero attached hydrogens (tertiary/aromatic N) is 1. The van der Waals surface area contributed by atoms with Gasteiger partial charge in [0.25, 0.3) is 5.91 Å². The Hall–Kier alpha value is -2.48. The summed E-state index contributed by atoms with van der Waals surface area (Å²) in [6.07, 6.45) is 0. The molecule has 1 amide bonds. The van der Waals surface area contributed by atoms with Gasteiger partial charge in [-0.1, -0.05) is 29.3 Å². The highest BCUT2D eigenvalue weighted by atomic mass is 35.5. The van der Waals surface area contributed by atoms with Crippen molar-refractivity contribution in [2.45, 2.75) is 0 Å². The fourth-order valence-corrected chi connectivity index (χ4v) is 3.29. The van der Waals surface area contributed by atoms with E-state index in [1.165, 1.54) is 11.3 Å². The molecular formula is C18H15Cl2N3O3S. The van der Waals surface area contributed by atoms with E-state index in [0.29, 0.717) is 33.0 Å². The molecule has 1 aromatic heterocycles. The number of anilines is 3. The number of aromatic nitrogens is 1. The number of carbonyl (C=O) groups is 1. The molecule has 6 nitrogen and oxygen atoms in total. The summed E-state index contributed by atoms with van der Waals surface area (Å²) in [6, 6.07) is 10.4. The standard InChI is InChI=1S/C18H15Cl2N3O3S/c1-25-10-6-7-12(15(8-10)26-2)22-18-23-14(9-27-18)17(24)21-13-5-3-4-11(19)16(13)20/h3-9H,1-2H3,(H,21,24)(H,22,23). The van der Waals surface area contributed by atoms with Crippen LogP contribution in [0, 0.1) is 0 Å². The van der Waals surface area contributed by atoms with E-state index in [9.17, 15) is 4.79 Å². The monoisotopic (exact) mass is 423 g/mol. The maximum atomic E-state index is 12.4. The van der Waals surface area contributed by atoms with Gasteiger partial charge < -0.3 is 20.1 Å². The molecule has 0 unspecified atom stereocenters. The molecule has 0 aliphatic heterocycles. The van der Waals surface area contributed by atoms with Crippen molar-refractivity contribution < 1.29 is 14.3 Å². The number of ether oxygens (including phenoxy) is 2. The van der Waals surface area contributed by atoms with Crippen molar-refractivity contribution in [3.8, 4) is 11.5 Å². The van der Waals surface area contributed by atoms with E-state index in [0.717, 1.165) is 0 Å². The molecule has 0 bridgehead atoms. The molecule has 3 rings (SSSR count). The van der Waals surface area contributed by atoms with Crippen LogP contribution in [0.15, 0.2) is 41.8 Å². The average Bonchev–Trinajstić information content (AvgIpc) is 3.14. The van der Waals surface area contributed by atoms with Crippen LogP contribution in [-0.4, -0.2) is 25.1 Å². The predicted molar refractivity (Wildman–Crippen MR) is 109 cm³/mol. The number of halogens is 2. The van der Waals surface area contributed by atoms with E-state index < -0.39 is 0 Å². The molecule has 0 atom stereocenters. The Morgan fingerprint density at radius 3 is 2.67 bits per heavy atom. The first kappa shape index (κ1) is 19.3. The summed E-state index contributed by atoms with van der Waals surface area (Å²) in [7, 11) is 3.15. The van der Waals surface area contributed by atoms with Crippen LogP contribution in [0.4, 0.5) is 16.5 Å². The number of rotatable bonds is 6. The molecular weight excluding hydrogens is 409 g/mol. The quantitative estimate of drug-likeness (QED) is 0.550. The molecule has 0 saturated heterocycles. The van der Waals surface area contributed by atoms with Gasteiger partial charge in [0.2, 0.25) is 0 Å². The predicted octanol–water partition coefficient (Wildman–Crippen LogP) is 5.46. The van der Waals surface area contributed by atoms with Gasteiger partial charge in [0, 0.05) is 11.4 Å². The number of carbonyl (C=O) groups excluding carboxylic acids is 1. The zero-order chi connectivity index (χ0) is 19.4. The molecule has 140 valence electrons. The smallest absolute Gasteiger partial charge is 0.275 e. The van der Waals surface area contributed by atoms with Gasteiger partial charge in [-0.05, 0) is 24.3 Å². The van der Waals surface area contributed by atoms with Crippen LogP contribution in [0.2, 0.25) is 10.0 Å². The highest BCUT2D eigenvalue weighted by Crippen LogP contribution is 2.33. The third kappa shape index (κ3) is 4.44.